The molecule has 8 rings (SSSR count). The minimum Gasteiger partial charge on any atom is -0.438 e. The number of thioether (sulfide) groups is 1. The average molecular weight is 1140 g/mol. The van der Waals surface area contributed by atoms with Gasteiger partial charge < -0.3 is 44.6 Å². The summed E-state index contributed by atoms with van der Waals surface area (Å²) in [6.07, 6.45) is 12.6. The predicted octanol–water partition coefficient (Wildman–Crippen LogP) is 10.8. The molecular formula is C58H77ClN10O8S2. The fourth-order valence-corrected chi connectivity index (χ4v) is 11.5. The van der Waals surface area contributed by atoms with E-state index in [2.05, 4.69) is 89.7 Å². The lowest BCUT2D eigenvalue weighted by Crippen LogP contribution is -2.46. The number of hydrogen-bond donors (Lipinski definition) is 3. The fraction of sp³-hybridized carbons (Fsp3) is 0.448. The van der Waals surface area contributed by atoms with Crippen molar-refractivity contribution < 1.29 is 37.0 Å². The van der Waals surface area contributed by atoms with Crippen LogP contribution < -0.4 is 20.9 Å². The Morgan fingerprint density at radius 2 is 1.59 bits per heavy atom. The van der Waals surface area contributed by atoms with Crippen molar-refractivity contribution in [2.24, 2.45) is 5.41 Å². The standard InChI is InChI=1S/C29H37ClN6OS.C22H26N4O4S.C7H14O3/c1-22(2)38-27-10-6-5-9-26(27)33-28-25(30)21-31-29(34-28)32-23-11-13-24(14-12-23)36-18-16-35(17-19-36)15-7-3-4-8-20-37;1-23-18-3-4-20(16-5-11-26-21(13-16)17(8-12-27)15-24-26)22(14-18)31(28,29)25-9-6-19(30-2)7-10-25;1-7(2,3)6(8)10-5-9-4/h5-6,9-14,20-22H,3-4,7-8,15-19H2,1-2H3,(H2,31,32,33,34);3-5,11-15,19,23H,6-10H2,1-2H3;5H2,1-4H3. The van der Waals surface area contributed by atoms with Crippen LogP contribution in [0.4, 0.5) is 34.5 Å². The quantitative estimate of drug-likeness (QED) is 0.0190. The number of aldehydes is 2. The van der Waals surface area contributed by atoms with Gasteiger partial charge in [0.15, 0.2) is 12.6 Å². The zero-order chi connectivity index (χ0) is 57.0. The topological polar surface area (TPSA) is 202 Å². The molecule has 0 atom stereocenters. The number of nitrogens with one attached hydrogen (secondary N) is 3. The molecule has 5 heterocycles. The molecule has 0 radical (unpaired) electrons. The Morgan fingerprint density at radius 1 is 0.873 bits per heavy atom. The molecule has 0 amide bonds. The molecule has 426 valence electrons. The van der Waals surface area contributed by atoms with Gasteiger partial charge in [-0.2, -0.15) is 14.4 Å². The van der Waals surface area contributed by atoms with Crippen LogP contribution in [0.3, 0.4) is 0 Å². The van der Waals surface area contributed by atoms with Gasteiger partial charge in [-0.3, -0.25) is 9.69 Å². The van der Waals surface area contributed by atoms with Gasteiger partial charge in [-0.05, 0) is 119 Å². The van der Waals surface area contributed by atoms with Crippen molar-refractivity contribution in [1.29, 1.82) is 0 Å². The Bertz CT molecular complexity index is 3010. The van der Waals surface area contributed by atoms with Crippen LogP contribution >= 0.6 is 23.4 Å². The number of piperazine rings is 1. The van der Waals surface area contributed by atoms with Gasteiger partial charge in [-0.15, -0.1) is 11.8 Å². The number of hydrogen-bond acceptors (Lipinski definition) is 17. The summed E-state index contributed by atoms with van der Waals surface area (Å²) < 4.78 is 45.1. The molecule has 0 unspecified atom stereocenters. The van der Waals surface area contributed by atoms with Crippen molar-refractivity contribution >= 4 is 92.0 Å². The minimum absolute atomic E-state index is 0.0378. The number of benzene rings is 3. The van der Waals surface area contributed by atoms with Crippen LogP contribution in [0.5, 0.6) is 0 Å². The second-order valence-electron chi connectivity index (χ2n) is 20.4. The molecule has 2 aliphatic heterocycles. The number of esters is 1. The van der Waals surface area contributed by atoms with Crippen LogP contribution in [0.25, 0.3) is 16.6 Å². The maximum Gasteiger partial charge on any atom is 0.313 e. The Kier molecular flexibility index (Phi) is 23.9. The second kappa shape index (κ2) is 30.5. The molecule has 0 saturated carbocycles. The zero-order valence-electron chi connectivity index (χ0n) is 46.7. The molecular weight excluding hydrogens is 1060 g/mol. The van der Waals surface area contributed by atoms with Gasteiger partial charge in [0.05, 0.1) is 40.0 Å². The molecule has 21 heteroatoms. The minimum atomic E-state index is -3.71. The molecule has 3 N–H and O–H groups in total. The largest absolute Gasteiger partial charge is 0.438 e. The van der Waals surface area contributed by atoms with Crippen LogP contribution in [0.15, 0.2) is 107 Å². The SMILES string of the molecule is CC(C)Sc1ccccc1Nc1nc(Nc2ccc(N3CCN(CCCCCC=O)CC3)cc2)ncc1Cl.CNc1ccc(-c2ccn3ncc(CC=O)c3c2)c(S(=O)(=O)N2CCC(OC)CC2)c1.COCOC(=O)C(C)(C)C. The van der Waals surface area contributed by atoms with E-state index in [9.17, 15) is 22.8 Å². The smallest absolute Gasteiger partial charge is 0.313 e. The highest BCUT2D eigenvalue weighted by Gasteiger charge is 2.32. The fourth-order valence-electron chi connectivity index (χ4n) is 8.78. The van der Waals surface area contributed by atoms with Crippen LogP contribution in [-0.4, -0.2) is 141 Å². The van der Waals surface area contributed by atoms with E-state index >= 15 is 0 Å². The molecule has 0 aliphatic carbocycles. The lowest BCUT2D eigenvalue weighted by Gasteiger charge is -2.36. The maximum atomic E-state index is 13.6. The number of nitrogens with zero attached hydrogens (tertiary/aromatic N) is 7. The third-order valence-corrected chi connectivity index (χ3v) is 16.5. The first-order chi connectivity index (χ1) is 38.0. The summed E-state index contributed by atoms with van der Waals surface area (Å²) >= 11 is 8.22. The summed E-state index contributed by atoms with van der Waals surface area (Å²) in [7, 11) is 1.20. The highest BCUT2D eigenvalue weighted by molar-refractivity contribution is 8.00. The number of unbranched alkanes of at least 4 members (excludes halogenated alkanes) is 3. The molecule has 0 spiro atoms. The number of fused-ring (bicyclic) bond motifs is 1. The van der Waals surface area contributed by atoms with Gasteiger partial charge in [0, 0.05) is 118 Å². The Hall–Kier alpha value is -6.13. The Balaban J connectivity index is 0.000000221. The number of pyridine rings is 1. The van der Waals surface area contributed by atoms with Crippen molar-refractivity contribution in [2.75, 3.05) is 94.7 Å². The van der Waals surface area contributed by atoms with E-state index in [1.54, 1.807) is 75.9 Å². The lowest BCUT2D eigenvalue weighted by molar-refractivity contribution is -0.163. The molecule has 2 saturated heterocycles. The summed E-state index contributed by atoms with van der Waals surface area (Å²) in [5, 5.41) is 14.9. The molecule has 0 bridgehead atoms. The summed E-state index contributed by atoms with van der Waals surface area (Å²) in [5.74, 6) is 0.814. The number of rotatable bonds is 22. The molecule has 6 aromatic rings. The maximum absolute atomic E-state index is 13.6. The number of methoxy groups -OCH3 is 2. The number of halogens is 1. The van der Waals surface area contributed by atoms with E-state index < -0.39 is 15.4 Å². The van der Waals surface area contributed by atoms with E-state index in [4.69, 9.17) is 21.1 Å². The van der Waals surface area contributed by atoms with Crippen LogP contribution in [0.2, 0.25) is 5.02 Å². The summed E-state index contributed by atoms with van der Waals surface area (Å²) in [6, 6.07) is 25.7. The Labute approximate surface area is 475 Å². The summed E-state index contributed by atoms with van der Waals surface area (Å²) in [5.41, 5.74) is 6.37. The van der Waals surface area contributed by atoms with Crippen molar-refractivity contribution in [3.05, 3.63) is 108 Å². The average Bonchev–Trinajstić information content (AvgIpc) is 3.87. The van der Waals surface area contributed by atoms with E-state index in [0.29, 0.717) is 60.0 Å². The van der Waals surface area contributed by atoms with Gasteiger partial charge in [0.25, 0.3) is 0 Å². The van der Waals surface area contributed by atoms with Crippen LogP contribution in [-0.2, 0) is 45.0 Å². The van der Waals surface area contributed by atoms with Gasteiger partial charge >= 0.3 is 5.97 Å². The first-order valence-corrected chi connectivity index (χ1v) is 29.4. The number of carbonyl (C=O) groups is 3. The number of carbonyl (C=O) groups excluding carboxylic acids is 3. The number of anilines is 6. The van der Waals surface area contributed by atoms with E-state index in [1.165, 1.54) is 23.5 Å². The van der Waals surface area contributed by atoms with E-state index in [1.807, 2.05) is 42.5 Å². The molecule has 3 aromatic heterocycles. The van der Waals surface area contributed by atoms with Gasteiger partial charge in [0.2, 0.25) is 16.0 Å². The summed E-state index contributed by atoms with van der Waals surface area (Å²) in [6.45, 7) is 15.9. The molecule has 2 fully saturated rings. The first-order valence-electron chi connectivity index (χ1n) is 26.7. The van der Waals surface area contributed by atoms with Crippen LogP contribution in [0, 0.1) is 5.41 Å². The predicted molar refractivity (Wildman–Crippen MR) is 317 cm³/mol. The van der Waals surface area contributed by atoms with Gasteiger partial charge in [0.1, 0.15) is 17.6 Å². The molecule has 79 heavy (non-hydrogen) atoms. The number of ether oxygens (including phenoxy) is 3. The highest BCUT2D eigenvalue weighted by atomic mass is 35.5. The number of sulfonamides is 1. The van der Waals surface area contributed by atoms with E-state index in [0.717, 1.165) is 96.7 Å². The van der Waals surface area contributed by atoms with Crippen molar-refractivity contribution in [3.8, 4) is 11.1 Å². The number of aromatic nitrogens is 4. The first kappa shape index (κ1) is 62.1. The molecule has 18 nitrogen and oxygen atoms in total. The third-order valence-electron chi connectivity index (χ3n) is 13.2. The lowest BCUT2D eigenvalue weighted by atomic mass is 9.98. The van der Waals surface area contributed by atoms with Gasteiger partial charge in [-0.1, -0.05) is 50.1 Å². The number of piperidine rings is 1. The van der Waals surface area contributed by atoms with Crippen molar-refractivity contribution in [2.45, 2.75) is 101 Å². The molecule has 3 aromatic carbocycles. The van der Waals surface area contributed by atoms with Crippen molar-refractivity contribution in [3.63, 3.8) is 0 Å². The van der Waals surface area contributed by atoms with Crippen molar-refractivity contribution in [1.82, 2.24) is 28.8 Å². The Morgan fingerprint density at radius 3 is 2.25 bits per heavy atom. The van der Waals surface area contributed by atoms with Gasteiger partial charge in [-0.25, -0.2) is 17.9 Å². The monoisotopic (exact) mass is 1140 g/mol. The van der Waals surface area contributed by atoms with Crippen LogP contribution in [0.1, 0.15) is 78.7 Å². The summed E-state index contributed by atoms with van der Waals surface area (Å²) in [4.78, 5) is 47.8. The number of para-hydroxylation sites is 1. The third kappa shape index (κ3) is 18.2. The van der Waals surface area contributed by atoms with E-state index in [-0.39, 0.29) is 30.2 Å². The molecule has 2 aliphatic rings. The second-order valence-corrected chi connectivity index (χ2v) is 24.3. The normalized spacial score (nSPS) is 14.4. The zero-order valence-corrected chi connectivity index (χ0v) is 49.1. The highest BCUT2D eigenvalue weighted by Crippen LogP contribution is 2.36.